The van der Waals surface area contributed by atoms with Crippen LogP contribution >= 0.6 is 0 Å². The van der Waals surface area contributed by atoms with Gasteiger partial charge in [0.2, 0.25) is 0 Å². The highest BCUT2D eigenvalue weighted by atomic mass is 16.1. The van der Waals surface area contributed by atoms with E-state index in [0.717, 1.165) is 24.3 Å². The molecule has 0 saturated carbocycles. The van der Waals surface area contributed by atoms with Crippen molar-refractivity contribution >= 4 is 0 Å². The van der Waals surface area contributed by atoms with E-state index in [2.05, 4.69) is 29.4 Å². The molecule has 1 aromatic heterocycles. The number of hydrogen-bond donors (Lipinski definition) is 2. The first-order valence-corrected chi connectivity index (χ1v) is 6.73. The van der Waals surface area contributed by atoms with Gasteiger partial charge in [-0.25, -0.2) is 4.79 Å². The molecule has 4 nitrogen and oxygen atoms in total. The van der Waals surface area contributed by atoms with Gasteiger partial charge < -0.3 is 10.3 Å². The van der Waals surface area contributed by atoms with Gasteiger partial charge in [0.25, 0.3) is 0 Å². The molecular weight excluding hydrogens is 238 g/mol. The van der Waals surface area contributed by atoms with E-state index in [4.69, 9.17) is 0 Å². The van der Waals surface area contributed by atoms with Crippen LogP contribution in [0, 0.1) is 6.92 Å². The van der Waals surface area contributed by atoms with E-state index in [9.17, 15) is 4.79 Å². The molecule has 0 aliphatic carbocycles. The molecular formula is C15H19N3O. The first kappa shape index (κ1) is 12.2. The van der Waals surface area contributed by atoms with E-state index < -0.39 is 0 Å². The Morgan fingerprint density at radius 2 is 2.21 bits per heavy atom. The fourth-order valence-corrected chi connectivity index (χ4v) is 2.91. The van der Waals surface area contributed by atoms with Crippen molar-refractivity contribution in [2.45, 2.75) is 32.2 Å². The normalized spacial score (nSPS) is 22.8. The average molecular weight is 257 g/mol. The number of aryl methyl sites for hydroxylation is 1. The van der Waals surface area contributed by atoms with Crippen LogP contribution < -0.4 is 11.0 Å². The molecule has 1 fully saturated rings. The highest BCUT2D eigenvalue weighted by Gasteiger charge is 2.30. The molecule has 0 spiro atoms. The number of aromatic amines is 1. The largest absolute Gasteiger partial charge is 0.330 e. The molecule has 1 unspecified atom stereocenters. The van der Waals surface area contributed by atoms with Crippen LogP contribution in [0.2, 0.25) is 0 Å². The molecule has 0 amide bonds. The summed E-state index contributed by atoms with van der Waals surface area (Å²) in [7, 11) is 0. The molecule has 2 aromatic rings. The smallest absolute Gasteiger partial charge is 0.312 e. The van der Waals surface area contributed by atoms with Crippen molar-refractivity contribution in [2.75, 3.05) is 6.54 Å². The second-order valence-corrected chi connectivity index (χ2v) is 5.48. The molecule has 19 heavy (non-hydrogen) atoms. The van der Waals surface area contributed by atoms with Gasteiger partial charge in [-0.05, 0) is 50.9 Å². The predicted molar refractivity (Wildman–Crippen MR) is 75.7 cm³/mol. The van der Waals surface area contributed by atoms with E-state index in [-0.39, 0.29) is 11.2 Å². The molecule has 3 rings (SSSR count). The number of benzene rings is 1. The minimum absolute atomic E-state index is 0.0316. The van der Waals surface area contributed by atoms with Crippen LogP contribution in [0.1, 0.15) is 31.0 Å². The van der Waals surface area contributed by atoms with Crippen LogP contribution in [0.5, 0.6) is 0 Å². The zero-order valence-electron chi connectivity index (χ0n) is 11.4. The van der Waals surface area contributed by atoms with Gasteiger partial charge in [0, 0.05) is 17.4 Å². The summed E-state index contributed by atoms with van der Waals surface area (Å²) in [5.74, 6) is 0. The minimum atomic E-state index is -0.0841. The Bertz CT molecular complexity index is 647. The topological polar surface area (TPSA) is 49.8 Å². The van der Waals surface area contributed by atoms with Crippen LogP contribution in [-0.4, -0.2) is 16.1 Å². The number of imidazole rings is 1. The third-order valence-corrected chi connectivity index (χ3v) is 4.07. The van der Waals surface area contributed by atoms with Gasteiger partial charge in [-0.1, -0.05) is 12.1 Å². The molecule has 0 radical (unpaired) electrons. The number of hydrogen-bond acceptors (Lipinski definition) is 2. The van der Waals surface area contributed by atoms with Crippen molar-refractivity contribution in [1.29, 1.82) is 0 Å². The molecule has 1 atom stereocenters. The van der Waals surface area contributed by atoms with Gasteiger partial charge in [0.05, 0.1) is 5.69 Å². The summed E-state index contributed by atoms with van der Waals surface area (Å²) in [4.78, 5) is 14.6. The number of nitrogens with one attached hydrogen (secondary N) is 2. The fraction of sp³-hybridized carbons (Fsp3) is 0.400. The van der Waals surface area contributed by atoms with E-state index in [1.165, 1.54) is 12.0 Å². The monoisotopic (exact) mass is 257 g/mol. The first-order chi connectivity index (χ1) is 9.10. The molecule has 1 aromatic carbocycles. The Hall–Kier alpha value is -1.81. The number of H-pyrrole nitrogens is 1. The van der Waals surface area contributed by atoms with Crippen molar-refractivity contribution in [3.63, 3.8) is 0 Å². The Labute approximate surface area is 112 Å². The van der Waals surface area contributed by atoms with Crippen molar-refractivity contribution < 1.29 is 0 Å². The molecule has 100 valence electrons. The van der Waals surface area contributed by atoms with Crippen molar-refractivity contribution in [2.24, 2.45) is 0 Å². The van der Waals surface area contributed by atoms with Crippen LogP contribution in [0.4, 0.5) is 0 Å². The lowest BCUT2D eigenvalue weighted by molar-refractivity contribution is 0.434. The van der Waals surface area contributed by atoms with Gasteiger partial charge in [-0.15, -0.1) is 0 Å². The summed E-state index contributed by atoms with van der Waals surface area (Å²) in [5, 5.41) is 3.56. The second-order valence-electron chi connectivity index (χ2n) is 5.48. The maximum absolute atomic E-state index is 11.8. The standard InChI is InChI=1S/C15H19N3O/c1-11-10-16-14(19)18(11)13-6-3-5-12(9-13)15(2)7-4-8-17-15/h3,5-6,9-10,17H,4,7-8H2,1-2H3,(H,16,19). The molecule has 1 aliphatic heterocycles. The van der Waals surface area contributed by atoms with E-state index in [0.29, 0.717) is 0 Å². The summed E-state index contributed by atoms with van der Waals surface area (Å²) in [6.45, 7) is 5.22. The van der Waals surface area contributed by atoms with E-state index >= 15 is 0 Å². The fourth-order valence-electron chi connectivity index (χ4n) is 2.91. The molecule has 0 bridgehead atoms. The highest BCUT2D eigenvalue weighted by molar-refractivity contribution is 5.40. The summed E-state index contributed by atoms with van der Waals surface area (Å²) >= 11 is 0. The van der Waals surface area contributed by atoms with Gasteiger partial charge >= 0.3 is 5.69 Å². The lowest BCUT2D eigenvalue weighted by Gasteiger charge is -2.25. The maximum atomic E-state index is 11.8. The minimum Gasteiger partial charge on any atom is -0.312 e. The van der Waals surface area contributed by atoms with E-state index in [1.54, 1.807) is 10.8 Å². The van der Waals surface area contributed by atoms with Crippen molar-refractivity contribution in [3.05, 3.63) is 52.2 Å². The summed E-state index contributed by atoms with van der Waals surface area (Å²) < 4.78 is 1.71. The third kappa shape index (κ3) is 2.02. The summed E-state index contributed by atoms with van der Waals surface area (Å²) in [6, 6.07) is 8.24. The lowest BCUT2D eigenvalue weighted by atomic mass is 9.90. The molecule has 4 heteroatoms. The van der Waals surface area contributed by atoms with E-state index in [1.807, 2.05) is 19.1 Å². The Balaban J connectivity index is 2.08. The first-order valence-electron chi connectivity index (χ1n) is 6.73. The van der Waals surface area contributed by atoms with Gasteiger partial charge in [0.15, 0.2) is 0 Å². The highest BCUT2D eigenvalue weighted by Crippen LogP contribution is 2.31. The third-order valence-electron chi connectivity index (χ3n) is 4.07. The number of nitrogens with zero attached hydrogens (tertiary/aromatic N) is 1. The lowest BCUT2D eigenvalue weighted by Crippen LogP contribution is -2.33. The van der Waals surface area contributed by atoms with Gasteiger partial charge in [-0.2, -0.15) is 0 Å². The van der Waals surface area contributed by atoms with Crippen molar-refractivity contribution in [3.8, 4) is 5.69 Å². The second kappa shape index (κ2) is 4.38. The quantitative estimate of drug-likeness (QED) is 0.865. The predicted octanol–water partition coefficient (Wildman–Crippen LogP) is 2.07. The van der Waals surface area contributed by atoms with Crippen LogP contribution in [0.3, 0.4) is 0 Å². The average Bonchev–Trinajstić information content (AvgIpc) is 2.98. The molecule has 2 heterocycles. The van der Waals surface area contributed by atoms with Crippen molar-refractivity contribution in [1.82, 2.24) is 14.9 Å². The molecule has 1 aliphatic rings. The number of aromatic nitrogens is 2. The van der Waals surface area contributed by atoms with Gasteiger partial charge in [-0.3, -0.25) is 4.57 Å². The number of rotatable bonds is 2. The zero-order valence-corrected chi connectivity index (χ0v) is 11.4. The van der Waals surface area contributed by atoms with Crippen LogP contribution in [-0.2, 0) is 5.54 Å². The Morgan fingerprint density at radius 3 is 2.84 bits per heavy atom. The molecule has 2 N–H and O–H groups in total. The van der Waals surface area contributed by atoms with Crippen LogP contribution in [0.15, 0.2) is 35.3 Å². The maximum Gasteiger partial charge on any atom is 0.330 e. The summed E-state index contributed by atoms with van der Waals surface area (Å²) in [6.07, 6.45) is 4.08. The Morgan fingerprint density at radius 1 is 1.37 bits per heavy atom. The van der Waals surface area contributed by atoms with Crippen LogP contribution in [0.25, 0.3) is 5.69 Å². The summed E-state index contributed by atoms with van der Waals surface area (Å²) in [5.41, 5.74) is 3.04. The van der Waals surface area contributed by atoms with Gasteiger partial charge in [0.1, 0.15) is 0 Å². The SMILES string of the molecule is Cc1c[nH]c(=O)n1-c1cccc(C2(C)CCCN2)c1. The Kier molecular flexibility index (Phi) is 2.82. The zero-order chi connectivity index (χ0) is 13.5. The molecule has 1 saturated heterocycles.